The summed E-state index contributed by atoms with van der Waals surface area (Å²) in [4.78, 5) is 16.4. The molecule has 0 radical (unpaired) electrons. The Morgan fingerprint density at radius 3 is 2.75 bits per heavy atom. The van der Waals surface area contributed by atoms with E-state index >= 15 is 0 Å². The van der Waals surface area contributed by atoms with Gasteiger partial charge in [-0.2, -0.15) is 11.8 Å². The third-order valence-corrected chi connectivity index (χ3v) is 5.27. The first-order valence-electron chi connectivity index (χ1n) is 7.22. The number of rotatable bonds is 7. The molecule has 20 heavy (non-hydrogen) atoms. The molecule has 0 unspecified atom stereocenters. The molecule has 1 heterocycles. The van der Waals surface area contributed by atoms with Crippen LogP contribution in [0.3, 0.4) is 0 Å². The summed E-state index contributed by atoms with van der Waals surface area (Å²) in [5, 5.41) is 6.23. The molecular formula is C15H23N3OS. The lowest BCUT2D eigenvalue weighted by Gasteiger charge is -2.40. The maximum absolute atomic E-state index is 12.1. The van der Waals surface area contributed by atoms with Gasteiger partial charge < -0.3 is 10.6 Å². The van der Waals surface area contributed by atoms with E-state index in [1.165, 1.54) is 19.3 Å². The van der Waals surface area contributed by atoms with Gasteiger partial charge in [-0.05, 0) is 37.7 Å². The van der Waals surface area contributed by atoms with Crippen molar-refractivity contribution in [3.63, 3.8) is 0 Å². The number of nitrogens with zero attached hydrogens (tertiary/aromatic N) is 1. The van der Waals surface area contributed by atoms with Gasteiger partial charge in [0.15, 0.2) is 0 Å². The molecule has 1 amide bonds. The molecule has 2 rings (SSSR count). The average molecular weight is 293 g/mol. The number of aromatic nitrogens is 1. The fourth-order valence-electron chi connectivity index (χ4n) is 2.25. The first-order valence-corrected chi connectivity index (χ1v) is 8.45. The largest absolute Gasteiger partial charge is 0.370 e. The Morgan fingerprint density at radius 1 is 1.45 bits per heavy atom. The average Bonchev–Trinajstić information content (AvgIpc) is 2.45. The van der Waals surface area contributed by atoms with Crippen molar-refractivity contribution in [3.8, 4) is 0 Å². The van der Waals surface area contributed by atoms with Crippen molar-refractivity contribution in [3.05, 3.63) is 23.9 Å². The van der Waals surface area contributed by atoms with Crippen molar-refractivity contribution in [2.45, 2.75) is 37.4 Å². The van der Waals surface area contributed by atoms with Crippen LogP contribution in [0, 0.1) is 0 Å². The minimum absolute atomic E-state index is 0.0279. The Balaban J connectivity index is 1.85. The topological polar surface area (TPSA) is 54.0 Å². The van der Waals surface area contributed by atoms with E-state index in [-0.39, 0.29) is 10.7 Å². The van der Waals surface area contributed by atoms with Crippen LogP contribution in [-0.2, 0) is 0 Å². The second-order valence-corrected chi connectivity index (χ2v) is 6.56. The van der Waals surface area contributed by atoms with Gasteiger partial charge in [0.2, 0.25) is 0 Å². The van der Waals surface area contributed by atoms with E-state index in [4.69, 9.17) is 0 Å². The quantitative estimate of drug-likeness (QED) is 0.811. The molecule has 0 atom stereocenters. The second-order valence-electron chi connectivity index (χ2n) is 5.28. The molecule has 0 aliphatic heterocycles. The van der Waals surface area contributed by atoms with Gasteiger partial charge in [-0.25, -0.2) is 4.98 Å². The van der Waals surface area contributed by atoms with Crippen LogP contribution in [-0.4, -0.2) is 35.0 Å². The van der Waals surface area contributed by atoms with Crippen molar-refractivity contribution in [1.29, 1.82) is 0 Å². The Hall–Kier alpha value is -1.23. The summed E-state index contributed by atoms with van der Waals surface area (Å²) in [5.41, 5.74) is 0.627. The van der Waals surface area contributed by atoms with Crippen LogP contribution in [0.1, 0.15) is 43.0 Å². The number of hydrogen-bond donors (Lipinski definition) is 2. The SMILES string of the molecule is CCCNc1ccc(C(=O)NCC2(SC)CCC2)cn1. The van der Waals surface area contributed by atoms with Crippen LogP contribution in [0.4, 0.5) is 5.82 Å². The Morgan fingerprint density at radius 2 is 2.25 bits per heavy atom. The zero-order valence-electron chi connectivity index (χ0n) is 12.2. The van der Waals surface area contributed by atoms with Crippen molar-refractivity contribution in [1.82, 2.24) is 10.3 Å². The fraction of sp³-hybridized carbons (Fsp3) is 0.600. The maximum atomic E-state index is 12.1. The van der Waals surface area contributed by atoms with Crippen molar-refractivity contribution in [2.24, 2.45) is 0 Å². The van der Waals surface area contributed by atoms with Crippen LogP contribution < -0.4 is 10.6 Å². The highest BCUT2D eigenvalue weighted by Gasteiger charge is 2.36. The van der Waals surface area contributed by atoms with Crippen LogP contribution in [0.2, 0.25) is 0 Å². The van der Waals surface area contributed by atoms with Gasteiger partial charge in [0.25, 0.3) is 5.91 Å². The normalized spacial score (nSPS) is 16.3. The molecule has 0 saturated heterocycles. The molecule has 1 aliphatic carbocycles. The number of anilines is 1. The van der Waals surface area contributed by atoms with E-state index in [9.17, 15) is 4.79 Å². The molecule has 4 nitrogen and oxygen atoms in total. The van der Waals surface area contributed by atoms with Gasteiger partial charge >= 0.3 is 0 Å². The van der Waals surface area contributed by atoms with Gasteiger partial charge in [0.05, 0.1) is 5.56 Å². The third kappa shape index (κ3) is 3.66. The molecule has 1 fully saturated rings. The molecule has 0 aromatic carbocycles. The molecule has 5 heteroatoms. The van der Waals surface area contributed by atoms with Gasteiger partial charge in [-0.3, -0.25) is 4.79 Å². The number of carbonyl (C=O) groups excluding carboxylic acids is 1. The first kappa shape index (κ1) is 15.2. The summed E-state index contributed by atoms with van der Waals surface area (Å²) >= 11 is 1.87. The summed E-state index contributed by atoms with van der Waals surface area (Å²) in [6, 6.07) is 3.69. The molecule has 0 bridgehead atoms. The first-order chi connectivity index (χ1) is 9.69. The molecular weight excluding hydrogens is 270 g/mol. The van der Waals surface area contributed by atoms with E-state index in [0.717, 1.165) is 25.3 Å². The van der Waals surface area contributed by atoms with Gasteiger partial charge in [-0.15, -0.1) is 0 Å². The number of pyridine rings is 1. The predicted octanol–water partition coefficient (Wildman–Crippen LogP) is 2.92. The van der Waals surface area contributed by atoms with E-state index in [0.29, 0.717) is 5.56 Å². The fourth-order valence-corrected chi connectivity index (χ4v) is 3.17. The molecule has 2 N–H and O–H groups in total. The Labute approximate surface area is 125 Å². The van der Waals surface area contributed by atoms with Crippen LogP contribution in [0.25, 0.3) is 0 Å². The van der Waals surface area contributed by atoms with Gasteiger partial charge in [0.1, 0.15) is 5.82 Å². The lowest BCUT2D eigenvalue weighted by Crippen LogP contribution is -2.45. The predicted molar refractivity (Wildman–Crippen MR) is 85.4 cm³/mol. The summed E-state index contributed by atoms with van der Waals surface area (Å²) in [5.74, 6) is 0.794. The highest BCUT2D eigenvalue weighted by Crippen LogP contribution is 2.42. The summed E-state index contributed by atoms with van der Waals surface area (Å²) in [6.45, 7) is 3.76. The van der Waals surface area contributed by atoms with Crippen molar-refractivity contribution >= 4 is 23.5 Å². The van der Waals surface area contributed by atoms with Gasteiger partial charge in [0, 0.05) is 24.0 Å². The highest BCUT2D eigenvalue weighted by atomic mass is 32.2. The molecule has 1 aromatic rings. The zero-order chi connectivity index (χ0) is 14.4. The zero-order valence-corrected chi connectivity index (χ0v) is 13.1. The summed E-state index contributed by atoms with van der Waals surface area (Å²) < 4.78 is 0.270. The lowest BCUT2D eigenvalue weighted by atomic mass is 9.84. The van der Waals surface area contributed by atoms with E-state index in [2.05, 4.69) is 28.8 Å². The van der Waals surface area contributed by atoms with Crippen LogP contribution in [0.5, 0.6) is 0 Å². The summed E-state index contributed by atoms with van der Waals surface area (Å²) in [7, 11) is 0. The minimum Gasteiger partial charge on any atom is -0.370 e. The Kier molecular flexibility index (Phi) is 5.29. The van der Waals surface area contributed by atoms with Crippen LogP contribution in [0.15, 0.2) is 18.3 Å². The van der Waals surface area contributed by atoms with E-state index in [1.54, 1.807) is 6.20 Å². The number of carbonyl (C=O) groups is 1. The monoisotopic (exact) mass is 293 g/mol. The van der Waals surface area contributed by atoms with E-state index in [1.807, 2.05) is 23.9 Å². The Bertz CT molecular complexity index is 437. The standard InChI is InChI=1S/C15H23N3OS/c1-3-9-16-13-6-5-12(10-17-13)14(19)18-11-15(20-2)7-4-8-15/h5-6,10H,3-4,7-9,11H2,1-2H3,(H,16,17)(H,18,19). The number of amides is 1. The van der Waals surface area contributed by atoms with Crippen molar-refractivity contribution < 1.29 is 4.79 Å². The van der Waals surface area contributed by atoms with Gasteiger partial charge in [-0.1, -0.05) is 13.3 Å². The number of hydrogen-bond acceptors (Lipinski definition) is 4. The van der Waals surface area contributed by atoms with E-state index < -0.39 is 0 Å². The molecule has 1 aliphatic rings. The minimum atomic E-state index is -0.0279. The highest BCUT2D eigenvalue weighted by molar-refractivity contribution is 8.00. The second kappa shape index (κ2) is 6.97. The maximum Gasteiger partial charge on any atom is 0.252 e. The lowest BCUT2D eigenvalue weighted by molar-refractivity contribution is 0.0943. The van der Waals surface area contributed by atoms with Crippen molar-refractivity contribution in [2.75, 3.05) is 24.7 Å². The summed E-state index contributed by atoms with van der Waals surface area (Å²) in [6.07, 6.45) is 8.50. The molecule has 0 spiro atoms. The third-order valence-electron chi connectivity index (χ3n) is 3.85. The van der Waals surface area contributed by atoms with Crippen LogP contribution >= 0.6 is 11.8 Å². The number of thioether (sulfide) groups is 1. The number of nitrogens with one attached hydrogen (secondary N) is 2. The smallest absolute Gasteiger partial charge is 0.252 e. The molecule has 1 aromatic heterocycles. The molecule has 1 saturated carbocycles. The molecule has 110 valence electrons.